The molecule has 3 unspecified atom stereocenters. The van der Waals surface area contributed by atoms with E-state index in [4.69, 9.17) is 0 Å². The zero-order valence-corrected chi connectivity index (χ0v) is 5.85. The monoisotopic (exact) mass is 126 g/mol. The first-order valence-electron chi connectivity index (χ1n) is 3.80. The van der Waals surface area contributed by atoms with Gasteiger partial charge in [0.15, 0.2) is 0 Å². The first-order chi connectivity index (χ1) is 4.42. The number of hydrogen-bond donors (Lipinski definition) is 2. The van der Waals surface area contributed by atoms with Gasteiger partial charge >= 0.3 is 0 Å². The van der Waals surface area contributed by atoms with Crippen LogP contribution in [0.3, 0.4) is 0 Å². The first-order valence-corrected chi connectivity index (χ1v) is 3.80. The maximum Gasteiger partial charge on any atom is 0.0111 e. The van der Waals surface area contributed by atoms with Gasteiger partial charge in [-0.05, 0) is 38.4 Å². The predicted molar refractivity (Wildman–Crippen MR) is 37.3 cm³/mol. The van der Waals surface area contributed by atoms with E-state index in [0.29, 0.717) is 0 Å². The Hall–Kier alpha value is -0.0800. The molecule has 2 fully saturated rings. The van der Waals surface area contributed by atoms with Crippen molar-refractivity contribution in [2.75, 3.05) is 20.1 Å². The van der Waals surface area contributed by atoms with Crippen LogP contribution in [0.15, 0.2) is 0 Å². The van der Waals surface area contributed by atoms with Crippen LogP contribution >= 0.6 is 0 Å². The third-order valence-corrected chi connectivity index (χ3v) is 2.84. The summed E-state index contributed by atoms with van der Waals surface area (Å²) in [6.07, 6.45) is 1.40. The lowest BCUT2D eigenvalue weighted by Gasteiger charge is -2.39. The van der Waals surface area contributed by atoms with Gasteiger partial charge in [0.25, 0.3) is 0 Å². The summed E-state index contributed by atoms with van der Waals surface area (Å²) in [5.74, 6) is 1.96. The Balaban J connectivity index is 1.93. The Morgan fingerprint density at radius 2 is 2.33 bits per heavy atom. The van der Waals surface area contributed by atoms with Gasteiger partial charge in [0.2, 0.25) is 0 Å². The molecule has 1 heterocycles. The average molecular weight is 126 g/mol. The molecule has 1 aliphatic heterocycles. The summed E-state index contributed by atoms with van der Waals surface area (Å²) >= 11 is 0. The maximum atomic E-state index is 3.41. The second-order valence-electron chi connectivity index (χ2n) is 3.21. The van der Waals surface area contributed by atoms with Crippen LogP contribution in [0.1, 0.15) is 6.42 Å². The van der Waals surface area contributed by atoms with E-state index in [9.17, 15) is 0 Å². The molecule has 52 valence electrons. The van der Waals surface area contributed by atoms with Gasteiger partial charge in [-0.15, -0.1) is 0 Å². The van der Waals surface area contributed by atoms with Crippen LogP contribution < -0.4 is 10.6 Å². The fourth-order valence-corrected chi connectivity index (χ4v) is 2.12. The molecule has 1 saturated heterocycles. The summed E-state index contributed by atoms with van der Waals surface area (Å²) in [4.78, 5) is 0. The Bertz CT molecular complexity index is 113. The van der Waals surface area contributed by atoms with E-state index in [1.807, 2.05) is 0 Å². The van der Waals surface area contributed by atoms with Gasteiger partial charge in [0, 0.05) is 6.04 Å². The molecule has 2 heteroatoms. The minimum atomic E-state index is 0.824. The maximum absolute atomic E-state index is 3.41. The fourth-order valence-electron chi connectivity index (χ4n) is 2.12. The Kier molecular flexibility index (Phi) is 1.24. The van der Waals surface area contributed by atoms with Crippen LogP contribution in [-0.2, 0) is 0 Å². The zero-order chi connectivity index (χ0) is 6.27. The van der Waals surface area contributed by atoms with Crippen LogP contribution in [0.2, 0.25) is 0 Å². The molecule has 2 rings (SSSR count). The Labute approximate surface area is 56.0 Å². The highest BCUT2D eigenvalue weighted by Gasteiger charge is 2.42. The van der Waals surface area contributed by atoms with Gasteiger partial charge in [0.1, 0.15) is 0 Å². The van der Waals surface area contributed by atoms with E-state index < -0.39 is 0 Å². The largest absolute Gasteiger partial charge is 0.317 e. The Morgan fingerprint density at radius 1 is 1.44 bits per heavy atom. The van der Waals surface area contributed by atoms with Crippen molar-refractivity contribution in [1.82, 2.24) is 10.6 Å². The van der Waals surface area contributed by atoms with Crippen molar-refractivity contribution in [2.24, 2.45) is 11.8 Å². The van der Waals surface area contributed by atoms with Crippen LogP contribution in [0.25, 0.3) is 0 Å². The van der Waals surface area contributed by atoms with Crippen molar-refractivity contribution in [3.05, 3.63) is 0 Å². The molecule has 0 aromatic carbocycles. The smallest absolute Gasteiger partial charge is 0.0111 e. The molecule has 1 saturated carbocycles. The Morgan fingerprint density at radius 3 is 3.00 bits per heavy atom. The molecule has 2 nitrogen and oxygen atoms in total. The van der Waals surface area contributed by atoms with Crippen molar-refractivity contribution < 1.29 is 0 Å². The molecule has 0 amide bonds. The molecule has 0 aromatic heterocycles. The molecular formula is C7H14N2. The molecule has 2 aliphatic rings. The van der Waals surface area contributed by atoms with E-state index in [-0.39, 0.29) is 0 Å². The molecule has 0 spiro atoms. The van der Waals surface area contributed by atoms with Gasteiger partial charge in [0.05, 0.1) is 0 Å². The zero-order valence-electron chi connectivity index (χ0n) is 5.85. The number of fused-ring (bicyclic) bond motifs is 1. The van der Waals surface area contributed by atoms with Gasteiger partial charge < -0.3 is 10.6 Å². The fraction of sp³-hybridized carbons (Fsp3) is 1.00. The summed E-state index contributed by atoms with van der Waals surface area (Å²) in [6.45, 7) is 2.51. The van der Waals surface area contributed by atoms with Crippen LogP contribution in [0.5, 0.6) is 0 Å². The number of hydrogen-bond acceptors (Lipinski definition) is 2. The van der Waals surface area contributed by atoms with E-state index >= 15 is 0 Å². The third-order valence-electron chi connectivity index (χ3n) is 2.84. The summed E-state index contributed by atoms with van der Waals surface area (Å²) in [7, 11) is 2.07. The van der Waals surface area contributed by atoms with E-state index in [1.165, 1.54) is 19.5 Å². The highest BCUT2D eigenvalue weighted by atomic mass is 15.0. The van der Waals surface area contributed by atoms with Crippen molar-refractivity contribution in [1.29, 1.82) is 0 Å². The second-order valence-corrected chi connectivity index (χ2v) is 3.21. The van der Waals surface area contributed by atoms with Crippen LogP contribution in [0.4, 0.5) is 0 Å². The lowest BCUT2D eigenvalue weighted by atomic mass is 9.72. The van der Waals surface area contributed by atoms with E-state index in [2.05, 4.69) is 17.7 Å². The van der Waals surface area contributed by atoms with Gasteiger partial charge in [-0.3, -0.25) is 0 Å². The number of nitrogens with one attached hydrogen (secondary N) is 2. The SMILES string of the molecule is CNC1CC2CNCC21. The van der Waals surface area contributed by atoms with Crippen molar-refractivity contribution in [2.45, 2.75) is 12.5 Å². The molecule has 1 aliphatic carbocycles. The number of rotatable bonds is 1. The van der Waals surface area contributed by atoms with Gasteiger partial charge in [-0.2, -0.15) is 0 Å². The molecule has 3 atom stereocenters. The molecule has 9 heavy (non-hydrogen) atoms. The summed E-state index contributed by atoms with van der Waals surface area (Å²) in [6, 6.07) is 0.824. The van der Waals surface area contributed by atoms with Crippen molar-refractivity contribution in [3.63, 3.8) is 0 Å². The normalized spacial score (nSPS) is 48.3. The quantitative estimate of drug-likeness (QED) is 0.509. The van der Waals surface area contributed by atoms with Gasteiger partial charge in [-0.1, -0.05) is 0 Å². The summed E-state index contributed by atoms with van der Waals surface area (Å²) in [5, 5.41) is 6.74. The highest BCUT2D eigenvalue weighted by molar-refractivity contribution is 4.99. The minimum absolute atomic E-state index is 0.824. The molecule has 0 bridgehead atoms. The second kappa shape index (κ2) is 1.96. The molecule has 0 aromatic rings. The minimum Gasteiger partial charge on any atom is -0.317 e. The lowest BCUT2D eigenvalue weighted by molar-refractivity contribution is 0.165. The molecular weight excluding hydrogens is 112 g/mol. The first kappa shape index (κ1) is 5.69. The van der Waals surface area contributed by atoms with Gasteiger partial charge in [-0.25, -0.2) is 0 Å². The lowest BCUT2D eigenvalue weighted by Crippen LogP contribution is -2.48. The molecule has 2 N–H and O–H groups in total. The van der Waals surface area contributed by atoms with Crippen molar-refractivity contribution >= 4 is 0 Å². The van der Waals surface area contributed by atoms with Crippen molar-refractivity contribution in [3.8, 4) is 0 Å². The summed E-state index contributed by atoms with van der Waals surface area (Å²) < 4.78 is 0. The average Bonchev–Trinajstić information content (AvgIpc) is 2.14. The van der Waals surface area contributed by atoms with E-state index in [1.54, 1.807) is 0 Å². The summed E-state index contributed by atoms with van der Waals surface area (Å²) in [5.41, 5.74) is 0. The van der Waals surface area contributed by atoms with Crippen LogP contribution in [0, 0.1) is 11.8 Å². The molecule has 0 radical (unpaired) electrons. The topological polar surface area (TPSA) is 24.1 Å². The standard InChI is InChI=1S/C7H14N2/c1-8-7-2-5-3-9-4-6(5)7/h5-9H,2-4H2,1H3. The van der Waals surface area contributed by atoms with Crippen LogP contribution in [-0.4, -0.2) is 26.2 Å². The van der Waals surface area contributed by atoms with E-state index in [0.717, 1.165) is 17.9 Å². The predicted octanol–water partition coefficient (Wildman–Crippen LogP) is -0.186. The third kappa shape index (κ3) is 0.700. The highest BCUT2D eigenvalue weighted by Crippen LogP contribution is 2.36.